The van der Waals surface area contributed by atoms with E-state index in [9.17, 15) is 4.79 Å². The van der Waals surface area contributed by atoms with Crippen molar-refractivity contribution in [1.82, 2.24) is 14.3 Å². The maximum Gasteiger partial charge on any atom is 0.272 e. The van der Waals surface area contributed by atoms with Gasteiger partial charge in [0.25, 0.3) is 5.91 Å². The highest BCUT2D eigenvalue weighted by atomic mass is 16.2. The molecule has 0 saturated carbocycles. The second-order valence-corrected chi connectivity index (χ2v) is 5.95. The van der Waals surface area contributed by atoms with Crippen LogP contribution in [0.4, 0.5) is 0 Å². The summed E-state index contributed by atoms with van der Waals surface area (Å²) in [5.41, 5.74) is 3.55. The van der Waals surface area contributed by atoms with Gasteiger partial charge in [-0.1, -0.05) is 6.92 Å². The SMILES string of the molecule is Cc1ccn2c(C(=O)N3CCC(C)CC3)c(C)nc2c1. The molecule has 1 aliphatic rings. The number of aromatic nitrogens is 2. The lowest BCUT2D eigenvalue weighted by molar-refractivity contribution is 0.0689. The van der Waals surface area contributed by atoms with Crippen molar-refractivity contribution in [1.29, 1.82) is 0 Å². The third kappa shape index (κ3) is 2.19. The van der Waals surface area contributed by atoms with E-state index < -0.39 is 0 Å². The van der Waals surface area contributed by atoms with Crippen LogP contribution in [0.2, 0.25) is 0 Å². The molecule has 0 aliphatic carbocycles. The van der Waals surface area contributed by atoms with Crippen LogP contribution in [0.5, 0.6) is 0 Å². The summed E-state index contributed by atoms with van der Waals surface area (Å²) in [6.45, 7) is 7.93. The van der Waals surface area contributed by atoms with Gasteiger partial charge in [0.15, 0.2) is 0 Å². The summed E-state index contributed by atoms with van der Waals surface area (Å²) >= 11 is 0. The fraction of sp³-hybridized carbons (Fsp3) is 0.500. The van der Waals surface area contributed by atoms with Crippen molar-refractivity contribution in [2.24, 2.45) is 5.92 Å². The highest BCUT2D eigenvalue weighted by molar-refractivity contribution is 5.94. The van der Waals surface area contributed by atoms with E-state index in [-0.39, 0.29) is 5.91 Å². The molecule has 3 rings (SSSR count). The van der Waals surface area contributed by atoms with Crippen molar-refractivity contribution in [3.63, 3.8) is 0 Å². The molecular formula is C16H21N3O. The quantitative estimate of drug-likeness (QED) is 0.800. The molecule has 0 bridgehead atoms. The van der Waals surface area contributed by atoms with Gasteiger partial charge in [0, 0.05) is 19.3 Å². The average molecular weight is 271 g/mol. The number of carbonyl (C=O) groups excluding carboxylic acids is 1. The van der Waals surface area contributed by atoms with E-state index in [0.717, 1.165) is 54.4 Å². The highest BCUT2D eigenvalue weighted by Crippen LogP contribution is 2.20. The molecule has 3 heterocycles. The molecule has 4 heteroatoms. The van der Waals surface area contributed by atoms with Gasteiger partial charge in [-0.3, -0.25) is 9.20 Å². The molecule has 1 saturated heterocycles. The normalized spacial score (nSPS) is 16.9. The zero-order valence-corrected chi connectivity index (χ0v) is 12.4. The Kier molecular flexibility index (Phi) is 3.24. The van der Waals surface area contributed by atoms with Crippen molar-refractivity contribution in [3.8, 4) is 0 Å². The summed E-state index contributed by atoms with van der Waals surface area (Å²) in [6.07, 6.45) is 4.14. The number of pyridine rings is 1. The molecule has 0 unspecified atom stereocenters. The van der Waals surface area contributed by atoms with E-state index in [2.05, 4.69) is 11.9 Å². The molecule has 1 fully saturated rings. The lowest BCUT2D eigenvalue weighted by Gasteiger charge is -2.30. The van der Waals surface area contributed by atoms with E-state index in [0.29, 0.717) is 0 Å². The molecule has 106 valence electrons. The predicted molar refractivity (Wildman–Crippen MR) is 79.0 cm³/mol. The lowest BCUT2D eigenvalue weighted by atomic mass is 9.99. The van der Waals surface area contributed by atoms with Crippen LogP contribution in [0, 0.1) is 19.8 Å². The predicted octanol–water partition coefficient (Wildman–Crippen LogP) is 2.82. The third-order valence-electron chi connectivity index (χ3n) is 4.23. The molecule has 0 radical (unpaired) electrons. The van der Waals surface area contributed by atoms with E-state index in [4.69, 9.17) is 0 Å². The van der Waals surface area contributed by atoms with Crippen LogP contribution < -0.4 is 0 Å². The van der Waals surface area contributed by atoms with Gasteiger partial charge in [-0.05, 0) is 50.3 Å². The summed E-state index contributed by atoms with van der Waals surface area (Å²) in [7, 11) is 0. The second kappa shape index (κ2) is 4.93. The summed E-state index contributed by atoms with van der Waals surface area (Å²) in [5, 5.41) is 0. The molecule has 0 atom stereocenters. The van der Waals surface area contributed by atoms with Gasteiger partial charge in [0.05, 0.1) is 5.69 Å². The fourth-order valence-corrected chi connectivity index (χ4v) is 2.88. The Morgan fingerprint density at radius 1 is 1.30 bits per heavy atom. The third-order valence-corrected chi connectivity index (χ3v) is 4.23. The first-order chi connectivity index (χ1) is 9.56. The summed E-state index contributed by atoms with van der Waals surface area (Å²) < 4.78 is 1.92. The molecule has 0 spiro atoms. The van der Waals surface area contributed by atoms with Gasteiger partial charge in [-0.15, -0.1) is 0 Å². The van der Waals surface area contributed by atoms with E-state index in [1.807, 2.05) is 41.5 Å². The van der Waals surface area contributed by atoms with Gasteiger partial charge in [-0.25, -0.2) is 4.98 Å². The minimum absolute atomic E-state index is 0.116. The summed E-state index contributed by atoms with van der Waals surface area (Å²) in [4.78, 5) is 19.2. The number of amides is 1. The first-order valence-corrected chi connectivity index (χ1v) is 7.31. The average Bonchev–Trinajstić information content (AvgIpc) is 2.73. The molecule has 1 amide bonds. The Morgan fingerprint density at radius 2 is 2.00 bits per heavy atom. The number of hydrogen-bond donors (Lipinski definition) is 0. The van der Waals surface area contributed by atoms with Crippen LogP contribution in [0.25, 0.3) is 5.65 Å². The Labute approximate surface area is 119 Å². The minimum atomic E-state index is 0.116. The Hall–Kier alpha value is -1.84. The van der Waals surface area contributed by atoms with Crippen LogP contribution in [-0.2, 0) is 0 Å². The zero-order chi connectivity index (χ0) is 14.3. The summed E-state index contributed by atoms with van der Waals surface area (Å²) in [5.74, 6) is 0.843. The van der Waals surface area contributed by atoms with Crippen molar-refractivity contribution in [2.75, 3.05) is 13.1 Å². The lowest BCUT2D eigenvalue weighted by Crippen LogP contribution is -2.38. The molecule has 1 aliphatic heterocycles. The number of aryl methyl sites for hydroxylation is 2. The van der Waals surface area contributed by atoms with E-state index >= 15 is 0 Å². The highest BCUT2D eigenvalue weighted by Gasteiger charge is 2.25. The second-order valence-electron chi connectivity index (χ2n) is 5.95. The van der Waals surface area contributed by atoms with E-state index in [1.54, 1.807) is 0 Å². The molecular weight excluding hydrogens is 250 g/mol. The number of likely N-dealkylation sites (tertiary alicyclic amines) is 1. The van der Waals surface area contributed by atoms with Gasteiger partial charge in [0.1, 0.15) is 11.3 Å². The smallest absolute Gasteiger partial charge is 0.272 e. The van der Waals surface area contributed by atoms with Crippen molar-refractivity contribution in [2.45, 2.75) is 33.6 Å². The molecule has 20 heavy (non-hydrogen) atoms. The van der Waals surface area contributed by atoms with Gasteiger partial charge < -0.3 is 4.90 Å². The van der Waals surface area contributed by atoms with Crippen LogP contribution in [0.15, 0.2) is 18.3 Å². The number of rotatable bonds is 1. The monoisotopic (exact) mass is 271 g/mol. The summed E-state index contributed by atoms with van der Waals surface area (Å²) in [6, 6.07) is 4.03. The van der Waals surface area contributed by atoms with Crippen LogP contribution in [-0.4, -0.2) is 33.3 Å². The molecule has 0 aromatic carbocycles. The first kappa shape index (κ1) is 13.2. The number of carbonyl (C=O) groups is 1. The number of imidazole rings is 1. The zero-order valence-electron chi connectivity index (χ0n) is 12.4. The Morgan fingerprint density at radius 3 is 2.70 bits per heavy atom. The van der Waals surface area contributed by atoms with Crippen LogP contribution in [0.1, 0.15) is 41.5 Å². The molecule has 0 N–H and O–H groups in total. The largest absolute Gasteiger partial charge is 0.337 e. The topological polar surface area (TPSA) is 37.6 Å². The van der Waals surface area contributed by atoms with E-state index in [1.165, 1.54) is 0 Å². The molecule has 4 nitrogen and oxygen atoms in total. The molecule has 2 aromatic rings. The fourth-order valence-electron chi connectivity index (χ4n) is 2.88. The number of nitrogens with zero attached hydrogens (tertiary/aromatic N) is 3. The van der Waals surface area contributed by atoms with Crippen LogP contribution >= 0.6 is 0 Å². The standard InChI is InChI=1S/C16H21N3O/c1-11-4-7-18(8-5-11)16(20)15-13(3)17-14-10-12(2)6-9-19(14)15/h6,9-11H,4-5,7-8H2,1-3H3. The minimum Gasteiger partial charge on any atom is -0.337 e. The van der Waals surface area contributed by atoms with Crippen molar-refractivity contribution < 1.29 is 4.79 Å². The number of hydrogen-bond acceptors (Lipinski definition) is 2. The number of fused-ring (bicyclic) bond motifs is 1. The van der Waals surface area contributed by atoms with Gasteiger partial charge in [-0.2, -0.15) is 0 Å². The number of piperidine rings is 1. The maximum absolute atomic E-state index is 12.8. The Bertz CT molecular complexity index is 651. The molecule has 2 aromatic heterocycles. The van der Waals surface area contributed by atoms with Crippen molar-refractivity contribution in [3.05, 3.63) is 35.3 Å². The first-order valence-electron chi connectivity index (χ1n) is 7.31. The van der Waals surface area contributed by atoms with Gasteiger partial charge in [0.2, 0.25) is 0 Å². The van der Waals surface area contributed by atoms with Crippen LogP contribution in [0.3, 0.4) is 0 Å². The van der Waals surface area contributed by atoms with Crippen molar-refractivity contribution >= 4 is 11.6 Å². The maximum atomic E-state index is 12.8. The Balaban J connectivity index is 1.97. The van der Waals surface area contributed by atoms with Gasteiger partial charge >= 0.3 is 0 Å².